The van der Waals surface area contributed by atoms with Crippen LogP contribution in [-0.4, -0.2) is 37.0 Å². The van der Waals surface area contributed by atoms with Gasteiger partial charge < -0.3 is 14.6 Å². The Bertz CT molecular complexity index is 798. The summed E-state index contributed by atoms with van der Waals surface area (Å²) < 4.78 is 11.2. The minimum Gasteiger partial charge on any atom is -0.457 e. The van der Waals surface area contributed by atoms with Crippen LogP contribution in [-0.2, 0) is 14.3 Å². The number of hydrogen-bond acceptors (Lipinski definition) is 4. The molecule has 1 N–H and O–H groups in total. The van der Waals surface area contributed by atoms with E-state index in [1.807, 2.05) is 0 Å². The van der Waals surface area contributed by atoms with Crippen molar-refractivity contribution in [3.8, 4) is 0 Å². The lowest BCUT2D eigenvalue weighted by Gasteiger charge is -2.15. The van der Waals surface area contributed by atoms with Gasteiger partial charge in [-0.15, -0.1) is 0 Å². The van der Waals surface area contributed by atoms with Crippen molar-refractivity contribution in [3.63, 3.8) is 0 Å². The average Bonchev–Trinajstić information content (AvgIpc) is 3.14. The van der Waals surface area contributed by atoms with Gasteiger partial charge in [0.2, 0.25) is 0 Å². The minimum atomic E-state index is -0.541. The Morgan fingerprint density at radius 1 is 0.471 bits per heavy atom. The molecule has 0 rings (SSSR count). The molecule has 0 aliphatic carbocycles. The molecule has 0 heterocycles. The number of carbonyl (C=O) groups is 1. The molecule has 1 unspecified atom stereocenters. The largest absolute Gasteiger partial charge is 0.457 e. The Kier molecular flexibility index (Phi) is 43.1. The zero-order valence-corrected chi connectivity index (χ0v) is 34.1. The quantitative estimate of drug-likeness (QED) is 0.0389. The first-order chi connectivity index (χ1) is 25.2. The molecule has 0 amide bonds. The zero-order chi connectivity index (χ0) is 37.0. The summed E-state index contributed by atoms with van der Waals surface area (Å²) in [6.07, 6.45) is 57.4. The second-order valence-electron chi connectivity index (χ2n) is 14.8. The predicted molar refractivity (Wildman–Crippen MR) is 223 cm³/mol. The first-order valence-electron chi connectivity index (χ1n) is 22.2. The zero-order valence-electron chi connectivity index (χ0n) is 34.1. The Morgan fingerprint density at radius 3 is 1.25 bits per heavy atom. The molecule has 1 atom stereocenters. The smallest absolute Gasteiger partial charge is 0.306 e. The van der Waals surface area contributed by atoms with Crippen LogP contribution in [0.15, 0.2) is 48.6 Å². The fourth-order valence-corrected chi connectivity index (χ4v) is 6.27. The van der Waals surface area contributed by atoms with Gasteiger partial charge in [0.15, 0.2) is 0 Å². The molecule has 0 fully saturated rings. The van der Waals surface area contributed by atoms with Crippen LogP contribution in [0.2, 0.25) is 0 Å². The van der Waals surface area contributed by atoms with E-state index in [0.717, 1.165) is 38.5 Å². The molecule has 0 saturated carbocycles. The third-order valence-corrected chi connectivity index (χ3v) is 9.63. The van der Waals surface area contributed by atoms with E-state index in [1.54, 1.807) is 0 Å². The molecule has 4 heteroatoms. The maximum Gasteiger partial charge on any atom is 0.306 e. The fourth-order valence-electron chi connectivity index (χ4n) is 6.27. The van der Waals surface area contributed by atoms with Crippen LogP contribution in [0.5, 0.6) is 0 Å². The lowest BCUT2D eigenvalue weighted by atomic mass is 10.0. The topological polar surface area (TPSA) is 55.8 Å². The van der Waals surface area contributed by atoms with E-state index < -0.39 is 6.10 Å². The number of rotatable bonds is 41. The molecule has 0 saturated heterocycles. The van der Waals surface area contributed by atoms with E-state index in [1.165, 1.54) is 161 Å². The van der Waals surface area contributed by atoms with Gasteiger partial charge in [0.1, 0.15) is 6.10 Å². The van der Waals surface area contributed by atoms with Crippen LogP contribution < -0.4 is 0 Å². The highest BCUT2D eigenvalue weighted by atomic mass is 16.6. The van der Waals surface area contributed by atoms with Crippen LogP contribution in [0.3, 0.4) is 0 Å². The van der Waals surface area contributed by atoms with Crippen molar-refractivity contribution in [2.45, 2.75) is 225 Å². The normalized spacial score (nSPS) is 12.8. The average molecular weight is 715 g/mol. The first-order valence-corrected chi connectivity index (χ1v) is 22.2. The molecule has 0 aromatic rings. The summed E-state index contributed by atoms with van der Waals surface area (Å²) in [6.45, 7) is 5.30. The Balaban J connectivity index is 3.44. The van der Waals surface area contributed by atoms with Crippen molar-refractivity contribution in [1.82, 2.24) is 0 Å². The van der Waals surface area contributed by atoms with Gasteiger partial charge in [-0.05, 0) is 77.0 Å². The molecule has 0 aliphatic heterocycles. The van der Waals surface area contributed by atoms with Crippen molar-refractivity contribution in [2.24, 2.45) is 0 Å². The van der Waals surface area contributed by atoms with Gasteiger partial charge in [-0.1, -0.05) is 184 Å². The molecule has 0 radical (unpaired) electrons. The lowest BCUT2D eigenvalue weighted by molar-refractivity contribution is -0.154. The van der Waals surface area contributed by atoms with Crippen LogP contribution in [0.4, 0.5) is 0 Å². The second-order valence-corrected chi connectivity index (χ2v) is 14.8. The number of aliphatic hydroxyl groups excluding tert-OH is 1. The molecule has 0 aliphatic rings. The number of esters is 1. The van der Waals surface area contributed by atoms with Gasteiger partial charge in [-0.2, -0.15) is 0 Å². The molecule has 0 bridgehead atoms. The van der Waals surface area contributed by atoms with Crippen LogP contribution in [0, 0.1) is 0 Å². The van der Waals surface area contributed by atoms with E-state index in [2.05, 4.69) is 62.5 Å². The van der Waals surface area contributed by atoms with E-state index in [0.29, 0.717) is 13.0 Å². The minimum absolute atomic E-state index is 0.177. The van der Waals surface area contributed by atoms with Crippen molar-refractivity contribution in [2.75, 3.05) is 19.8 Å². The second kappa shape index (κ2) is 44.5. The summed E-state index contributed by atoms with van der Waals surface area (Å²) in [4.78, 5) is 12.2. The molecular weight excluding hydrogens is 629 g/mol. The monoisotopic (exact) mass is 715 g/mol. The highest BCUT2D eigenvalue weighted by Crippen LogP contribution is 2.14. The van der Waals surface area contributed by atoms with Gasteiger partial charge in [-0.25, -0.2) is 0 Å². The highest BCUT2D eigenvalue weighted by molar-refractivity contribution is 5.69. The molecule has 51 heavy (non-hydrogen) atoms. The van der Waals surface area contributed by atoms with E-state index in [9.17, 15) is 9.90 Å². The molecule has 0 aromatic carbocycles. The number of aliphatic hydroxyl groups is 1. The van der Waals surface area contributed by atoms with Crippen LogP contribution in [0.1, 0.15) is 219 Å². The van der Waals surface area contributed by atoms with Crippen molar-refractivity contribution < 1.29 is 19.4 Å². The number of allylic oxidation sites excluding steroid dienone is 8. The molecule has 298 valence electrons. The van der Waals surface area contributed by atoms with Gasteiger partial charge in [0.25, 0.3) is 0 Å². The standard InChI is InChI=1S/C47H86O4/c1-3-5-7-9-11-13-15-17-19-21-22-23-24-25-26-27-28-30-32-34-36-38-40-42-47(49)51-46(44-48)45-50-43-41-39-37-35-33-31-29-20-18-16-14-12-10-8-6-4-2/h12,14-15,17-18,20-22,46,48H,3-11,13,16,19,23-45H2,1-2H3/b14-12-,17-15-,20-18-,22-21-. The Morgan fingerprint density at radius 2 is 0.824 bits per heavy atom. The molecule has 0 aromatic heterocycles. The SMILES string of the molecule is CCCCC/C=C\C/C=C\CCCCCCCCOCC(CO)OC(=O)CCCCCCCCCCCCC/C=C\C/C=C\CCCCCCC. The highest BCUT2D eigenvalue weighted by Gasteiger charge is 2.13. The maximum absolute atomic E-state index is 12.2. The molecule has 4 nitrogen and oxygen atoms in total. The van der Waals surface area contributed by atoms with E-state index in [-0.39, 0.29) is 19.2 Å². The van der Waals surface area contributed by atoms with Gasteiger partial charge in [0, 0.05) is 13.0 Å². The third-order valence-electron chi connectivity index (χ3n) is 9.63. The van der Waals surface area contributed by atoms with Gasteiger partial charge >= 0.3 is 5.97 Å². The van der Waals surface area contributed by atoms with E-state index >= 15 is 0 Å². The van der Waals surface area contributed by atoms with Gasteiger partial charge in [0.05, 0.1) is 13.2 Å². The first kappa shape index (κ1) is 49.4. The number of ether oxygens (including phenoxy) is 2. The number of carbonyl (C=O) groups excluding carboxylic acids is 1. The Hall–Kier alpha value is -1.65. The van der Waals surface area contributed by atoms with E-state index in [4.69, 9.17) is 9.47 Å². The number of hydrogen-bond donors (Lipinski definition) is 1. The summed E-state index contributed by atoms with van der Waals surface area (Å²) in [7, 11) is 0. The third kappa shape index (κ3) is 42.7. The van der Waals surface area contributed by atoms with Gasteiger partial charge in [-0.3, -0.25) is 4.79 Å². The summed E-state index contributed by atoms with van der Waals surface area (Å²) in [6, 6.07) is 0. The maximum atomic E-state index is 12.2. The van der Waals surface area contributed by atoms with Crippen LogP contribution >= 0.6 is 0 Å². The molecule has 0 spiro atoms. The molecular formula is C47H86O4. The summed E-state index contributed by atoms with van der Waals surface area (Å²) in [5.74, 6) is -0.206. The summed E-state index contributed by atoms with van der Waals surface area (Å²) in [5, 5.41) is 9.61. The van der Waals surface area contributed by atoms with Crippen molar-refractivity contribution >= 4 is 5.97 Å². The Labute approximate surface area is 318 Å². The lowest BCUT2D eigenvalue weighted by Crippen LogP contribution is -2.27. The number of unbranched alkanes of at least 4 members (excludes halogenated alkanes) is 25. The fraction of sp³-hybridized carbons (Fsp3) is 0.809. The summed E-state index contributed by atoms with van der Waals surface area (Å²) in [5.41, 5.74) is 0. The predicted octanol–water partition coefficient (Wildman–Crippen LogP) is 14.7. The van der Waals surface area contributed by atoms with Crippen molar-refractivity contribution in [1.29, 1.82) is 0 Å². The van der Waals surface area contributed by atoms with Crippen molar-refractivity contribution in [3.05, 3.63) is 48.6 Å². The van der Waals surface area contributed by atoms with Crippen LogP contribution in [0.25, 0.3) is 0 Å². The summed E-state index contributed by atoms with van der Waals surface area (Å²) >= 11 is 0.